The summed E-state index contributed by atoms with van der Waals surface area (Å²) in [7, 11) is 0. The minimum Gasteiger partial charge on any atom is -0.481 e. The van der Waals surface area contributed by atoms with Crippen LogP contribution in [0.2, 0.25) is 0 Å². The second-order valence-corrected chi connectivity index (χ2v) is 8.91. The molecule has 9 nitrogen and oxygen atoms in total. The SMILES string of the molecule is C[C@@H](c1cccc2cnccc12)n1cc(-c2cncc(C(=O)N3CCCC[C@@H]3CC(=O)O)c2)nn1. The predicted molar refractivity (Wildman–Crippen MR) is 130 cm³/mol. The normalized spacial score (nSPS) is 16.8. The zero-order chi connectivity index (χ0) is 24.4. The second kappa shape index (κ2) is 9.61. The molecule has 0 saturated carbocycles. The van der Waals surface area contributed by atoms with E-state index in [1.807, 2.05) is 30.6 Å². The summed E-state index contributed by atoms with van der Waals surface area (Å²) in [6.07, 6.45) is 11.1. The molecule has 1 N–H and O–H groups in total. The summed E-state index contributed by atoms with van der Waals surface area (Å²) in [6.45, 7) is 2.61. The molecule has 0 spiro atoms. The molecule has 178 valence electrons. The van der Waals surface area contributed by atoms with Crippen LogP contribution in [0.1, 0.15) is 54.6 Å². The first-order chi connectivity index (χ1) is 17.0. The van der Waals surface area contributed by atoms with Crippen molar-refractivity contribution < 1.29 is 14.7 Å². The first-order valence-electron chi connectivity index (χ1n) is 11.7. The van der Waals surface area contributed by atoms with Crippen molar-refractivity contribution in [3.63, 3.8) is 0 Å². The maximum absolute atomic E-state index is 13.2. The van der Waals surface area contributed by atoms with E-state index < -0.39 is 5.97 Å². The van der Waals surface area contributed by atoms with Crippen molar-refractivity contribution >= 4 is 22.6 Å². The van der Waals surface area contributed by atoms with Gasteiger partial charge >= 0.3 is 5.97 Å². The lowest BCUT2D eigenvalue weighted by Gasteiger charge is -2.35. The van der Waals surface area contributed by atoms with E-state index in [-0.39, 0.29) is 24.4 Å². The largest absolute Gasteiger partial charge is 0.481 e. The summed E-state index contributed by atoms with van der Waals surface area (Å²) in [4.78, 5) is 34.7. The monoisotopic (exact) mass is 470 g/mol. The van der Waals surface area contributed by atoms with Gasteiger partial charge in [-0.25, -0.2) is 4.68 Å². The lowest BCUT2D eigenvalue weighted by atomic mass is 9.98. The summed E-state index contributed by atoms with van der Waals surface area (Å²) in [5.74, 6) is -1.09. The van der Waals surface area contributed by atoms with Gasteiger partial charge in [0.05, 0.1) is 24.2 Å². The van der Waals surface area contributed by atoms with Gasteiger partial charge in [0, 0.05) is 48.3 Å². The van der Waals surface area contributed by atoms with Crippen molar-refractivity contribution in [1.29, 1.82) is 0 Å². The molecule has 0 unspecified atom stereocenters. The number of nitrogens with zero attached hydrogens (tertiary/aromatic N) is 6. The molecule has 1 amide bonds. The number of carboxylic acid groups (broad SMARTS) is 1. The van der Waals surface area contributed by atoms with Gasteiger partial charge in [0.2, 0.25) is 0 Å². The van der Waals surface area contributed by atoms with Gasteiger partial charge in [-0.15, -0.1) is 5.10 Å². The van der Waals surface area contributed by atoms with E-state index in [2.05, 4.69) is 33.3 Å². The van der Waals surface area contributed by atoms with Crippen LogP contribution in [0.3, 0.4) is 0 Å². The number of aromatic nitrogens is 5. The summed E-state index contributed by atoms with van der Waals surface area (Å²) in [6, 6.07) is 9.50. The number of benzene rings is 1. The number of pyridine rings is 2. The van der Waals surface area contributed by atoms with Gasteiger partial charge in [0.15, 0.2) is 0 Å². The molecule has 1 aromatic carbocycles. The van der Waals surface area contributed by atoms with E-state index in [9.17, 15) is 14.7 Å². The number of fused-ring (bicyclic) bond motifs is 1. The quantitative estimate of drug-likeness (QED) is 0.453. The minimum absolute atomic E-state index is 0.0463. The Kier molecular flexibility index (Phi) is 6.22. The van der Waals surface area contributed by atoms with Gasteiger partial charge in [-0.2, -0.15) is 0 Å². The van der Waals surface area contributed by atoms with Gasteiger partial charge in [-0.05, 0) is 49.3 Å². The van der Waals surface area contributed by atoms with E-state index >= 15 is 0 Å². The summed E-state index contributed by atoms with van der Waals surface area (Å²) in [5, 5.41) is 20.1. The van der Waals surface area contributed by atoms with Crippen molar-refractivity contribution in [3.8, 4) is 11.3 Å². The van der Waals surface area contributed by atoms with E-state index in [0.29, 0.717) is 29.8 Å². The summed E-state index contributed by atoms with van der Waals surface area (Å²) in [5.41, 5.74) is 2.83. The van der Waals surface area contributed by atoms with Crippen molar-refractivity contribution in [2.75, 3.05) is 6.54 Å². The fourth-order valence-corrected chi connectivity index (χ4v) is 4.80. The maximum atomic E-state index is 13.2. The van der Waals surface area contributed by atoms with Crippen molar-refractivity contribution in [3.05, 3.63) is 72.4 Å². The molecule has 0 aliphatic carbocycles. The molecule has 0 radical (unpaired) electrons. The minimum atomic E-state index is -0.894. The van der Waals surface area contributed by atoms with Crippen LogP contribution in [0, 0.1) is 0 Å². The van der Waals surface area contributed by atoms with E-state index in [1.54, 1.807) is 28.0 Å². The van der Waals surface area contributed by atoms with Crippen LogP contribution in [0.5, 0.6) is 0 Å². The van der Waals surface area contributed by atoms with Gasteiger partial charge in [0.1, 0.15) is 5.69 Å². The van der Waals surface area contributed by atoms with Crippen LogP contribution in [-0.4, -0.2) is 59.4 Å². The average Bonchev–Trinajstić information content (AvgIpc) is 3.38. The van der Waals surface area contributed by atoms with Crippen LogP contribution in [-0.2, 0) is 4.79 Å². The predicted octanol–water partition coefficient (Wildman–Crippen LogP) is 3.97. The lowest BCUT2D eigenvalue weighted by molar-refractivity contribution is -0.138. The molecule has 3 aromatic heterocycles. The van der Waals surface area contributed by atoms with Crippen LogP contribution >= 0.6 is 0 Å². The summed E-state index contributed by atoms with van der Waals surface area (Å²) < 4.78 is 1.80. The highest BCUT2D eigenvalue weighted by Gasteiger charge is 2.29. The molecule has 0 bridgehead atoms. The lowest BCUT2D eigenvalue weighted by Crippen LogP contribution is -2.44. The molecule has 1 fully saturated rings. The number of rotatable bonds is 6. The number of hydrogen-bond donors (Lipinski definition) is 1. The van der Waals surface area contributed by atoms with Gasteiger partial charge in [-0.3, -0.25) is 19.6 Å². The number of amides is 1. The third kappa shape index (κ3) is 4.62. The molecule has 1 aliphatic rings. The van der Waals surface area contributed by atoms with Crippen LogP contribution < -0.4 is 0 Å². The Bertz CT molecular complexity index is 1380. The Morgan fingerprint density at radius 3 is 2.89 bits per heavy atom. The number of hydrogen-bond acceptors (Lipinski definition) is 6. The van der Waals surface area contributed by atoms with Crippen molar-refractivity contribution in [2.24, 2.45) is 0 Å². The molecule has 4 aromatic rings. The van der Waals surface area contributed by atoms with Gasteiger partial charge in [0.25, 0.3) is 5.91 Å². The fourth-order valence-electron chi connectivity index (χ4n) is 4.80. The highest BCUT2D eigenvalue weighted by Crippen LogP contribution is 2.28. The Labute approximate surface area is 202 Å². The zero-order valence-corrected chi connectivity index (χ0v) is 19.4. The first-order valence-corrected chi connectivity index (χ1v) is 11.7. The topological polar surface area (TPSA) is 114 Å². The van der Waals surface area contributed by atoms with E-state index in [4.69, 9.17) is 0 Å². The molecule has 2 atom stereocenters. The highest BCUT2D eigenvalue weighted by molar-refractivity contribution is 5.95. The molecule has 4 heterocycles. The smallest absolute Gasteiger partial charge is 0.305 e. The Balaban J connectivity index is 1.40. The van der Waals surface area contributed by atoms with Crippen molar-refractivity contribution in [1.82, 2.24) is 29.9 Å². The number of likely N-dealkylation sites (tertiary alicyclic amines) is 1. The molecule has 5 rings (SSSR count). The number of carbonyl (C=O) groups is 2. The zero-order valence-electron chi connectivity index (χ0n) is 19.4. The summed E-state index contributed by atoms with van der Waals surface area (Å²) >= 11 is 0. The van der Waals surface area contributed by atoms with Gasteiger partial charge < -0.3 is 10.0 Å². The Morgan fingerprint density at radius 2 is 2.03 bits per heavy atom. The molecule has 35 heavy (non-hydrogen) atoms. The van der Waals surface area contributed by atoms with Crippen LogP contribution in [0.25, 0.3) is 22.0 Å². The van der Waals surface area contributed by atoms with Crippen LogP contribution in [0.15, 0.2) is 61.3 Å². The molecule has 1 aliphatic heterocycles. The van der Waals surface area contributed by atoms with E-state index in [0.717, 1.165) is 29.2 Å². The Morgan fingerprint density at radius 1 is 1.14 bits per heavy atom. The molecule has 1 saturated heterocycles. The molecular formula is C26H26N6O3. The number of carbonyl (C=O) groups excluding carboxylic acids is 1. The molecular weight excluding hydrogens is 444 g/mol. The van der Waals surface area contributed by atoms with E-state index in [1.165, 1.54) is 6.20 Å². The fraction of sp³-hybridized carbons (Fsp3) is 0.308. The third-order valence-corrected chi connectivity index (χ3v) is 6.65. The standard InChI is InChI=1S/C26H26N6O3/c1-17(22-7-4-5-18-13-27-9-8-23(18)22)32-16-24(29-30-32)19-11-20(15-28-14-19)26(35)31-10-3-2-6-21(31)12-25(33)34/h4-5,7-9,11,13-17,21H,2-3,6,10,12H2,1H3,(H,33,34)/t17-,21+/m0/s1. The first kappa shape index (κ1) is 22.6. The molecule has 9 heteroatoms. The third-order valence-electron chi connectivity index (χ3n) is 6.65. The highest BCUT2D eigenvalue weighted by atomic mass is 16.4. The van der Waals surface area contributed by atoms with Crippen LogP contribution in [0.4, 0.5) is 0 Å². The average molecular weight is 471 g/mol. The van der Waals surface area contributed by atoms with Gasteiger partial charge in [-0.1, -0.05) is 23.4 Å². The second-order valence-electron chi connectivity index (χ2n) is 8.91. The number of carboxylic acids is 1. The number of aliphatic carboxylic acids is 1. The Hall–Kier alpha value is -4.14. The number of piperidine rings is 1. The van der Waals surface area contributed by atoms with Crippen molar-refractivity contribution in [2.45, 2.75) is 44.7 Å². The maximum Gasteiger partial charge on any atom is 0.305 e.